The summed E-state index contributed by atoms with van der Waals surface area (Å²) < 4.78 is 5.23. The van der Waals surface area contributed by atoms with Crippen molar-refractivity contribution in [2.45, 2.75) is 12.5 Å². The average Bonchev–Trinajstić information content (AvgIpc) is 2.46. The van der Waals surface area contributed by atoms with Crippen LogP contribution in [0.15, 0.2) is 24.3 Å². The maximum absolute atomic E-state index is 10.7. The molecule has 3 heteroatoms. The van der Waals surface area contributed by atoms with Crippen LogP contribution in [-0.4, -0.2) is 12.0 Å². The van der Waals surface area contributed by atoms with Gasteiger partial charge in [-0.3, -0.25) is 10.5 Å². The van der Waals surface area contributed by atoms with Crippen LogP contribution in [-0.2, 0) is 11.2 Å². The van der Waals surface area contributed by atoms with E-state index in [0.29, 0.717) is 6.42 Å². The number of benzene rings is 1. The molecule has 0 aromatic heterocycles. The largest absolute Gasteiger partial charge is 0.480 e. The SMILES string of the molecule is [NH]C(=O)C1Cc2ccccc2O1. The predicted octanol–water partition coefficient (Wildman–Crippen LogP) is 0.800. The van der Waals surface area contributed by atoms with Gasteiger partial charge >= 0.3 is 0 Å². The number of ether oxygens (including phenoxy) is 1. The molecule has 1 unspecified atom stereocenters. The standard InChI is InChI=1S/C9H8NO2/c10-9(11)8-5-6-3-1-2-4-7(6)12-8/h1-4,8,10H,5H2. The lowest BCUT2D eigenvalue weighted by Crippen LogP contribution is -2.25. The number of rotatable bonds is 1. The van der Waals surface area contributed by atoms with Crippen molar-refractivity contribution in [3.8, 4) is 5.75 Å². The Labute approximate surface area is 70.1 Å². The van der Waals surface area contributed by atoms with Crippen molar-refractivity contribution >= 4 is 5.91 Å². The Balaban J connectivity index is 2.27. The topological polar surface area (TPSA) is 50.1 Å². The lowest BCUT2D eigenvalue weighted by atomic mass is 10.1. The fourth-order valence-corrected chi connectivity index (χ4v) is 1.33. The van der Waals surface area contributed by atoms with Crippen LogP contribution in [0.1, 0.15) is 5.56 Å². The highest BCUT2D eigenvalue weighted by atomic mass is 16.5. The van der Waals surface area contributed by atoms with Crippen molar-refractivity contribution < 1.29 is 9.53 Å². The molecule has 2 rings (SSSR count). The minimum Gasteiger partial charge on any atom is -0.480 e. The molecule has 0 saturated carbocycles. The Kier molecular flexibility index (Phi) is 1.50. The van der Waals surface area contributed by atoms with Gasteiger partial charge in [0.05, 0.1) is 0 Å². The quantitative estimate of drug-likeness (QED) is 0.613. The van der Waals surface area contributed by atoms with E-state index < -0.39 is 12.0 Å². The van der Waals surface area contributed by atoms with Crippen LogP contribution < -0.4 is 10.5 Å². The summed E-state index contributed by atoms with van der Waals surface area (Å²) in [6.45, 7) is 0. The molecule has 1 aliphatic heterocycles. The van der Waals surface area contributed by atoms with E-state index in [2.05, 4.69) is 0 Å². The third kappa shape index (κ3) is 1.03. The Morgan fingerprint density at radius 2 is 2.25 bits per heavy atom. The number of hydrogen-bond donors (Lipinski definition) is 0. The molecule has 0 fully saturated rings. The fraction of sp³-hybridized carbons (Fsp3) is 0.222. The third-order valence-electron chi connectivity index (χ3n) is 1.94. The second kappa shape index (κ2) is 2.52. The van der Waals surface area contributed by atoms with Crippen LogP contribution in [0.2, 0.25) is 0 Å². The average molecular weight is 162 g/mol. The van der Waals surface area contributed by atoms with Gasteiger partial charge in [-0.15, -0.1) is 0 Å². The highest BCUT2D eigenvalue weighted by molar-refractivity contribution is 5.79. The molecule has 0 spiro atoms. The van der Waals surface area contributed by atoms with Gasteiger partial charge in [0.1, 0.15) is 5.75 Å². The zero-order valence-corrected chi connectivity index (χ0v) is 6.41. The molecular weight excluding hydrogens is 154 g/mol. The van der Waals surface area contributed by atoms with Crippen molar-refractivity contribution in [2.75, 3.05) is 0 Å². The van der Waals surface area contributed by atoms with E-state index >= 15 is 0 Å². The highest BCUT2D eigenvalue weighted by Gasteiger charge is 2.26. The molecule has 1 radical (unpaired) electrons. The maximum Gasteiger partial charge on any atom is 0.279 e. The Bertz CT molecular complexity index is 297. The predicted molar refractivity (Wildman–Crippen MR) is 42.7 cm³/mol. The summed E-state index contributed by atoms with van der Waals surface area (Å²) in [4.78, 5) is 10.7. The number of hydrogen-bond acceptors (Lipinski definition) is 2. The zero-order valence-electron chi connectivity index (χ0n) is 6.41. The number of carbonyl (C=O) groups excluding carboxylic acids is 1. The van der Waals surface area contributed by atoms with Crippen molar-refractivity contribution in [1.29, 1.82) is 0 Å². The van der Waals surface area contributed by atoms with Crippen LogP contribution in [0.4, 0.5) is 0 Å². The lowest BCUT2D eigenvalue weighted by molar-refractivity contribution is -0.124. The smallest absolute Gasteiger partial charge is 0.279 e. The van der Waals surface area contributed by atoms with Crippen molar-refractivity contribution in [2.24, 2.45) is 0 Å². The summed E-state index contributed by atoms with van der Waals surface area (Å²) in [5, 5.41) is 0. The molecule has 0 bridgehead atoms. The molecule has 1 atom stereocenters. The van der Waals surface area contributed by atoms with Gasteiger partial charge in [-0.25, -0.2) is 0 Å². The molecule has 1 heterocycles. The molecule has 12 heavy (non-hydrogen) atoms. The van der Waals surface area contributed by atoms with Crippen LogP contribution in [0.3, 0.4) is 0 Å². The van der Waals surface area contributed by atoms with Crippen LogP contribution in [0.25, 0.3) is 0 Å². The first-order chi connectivity index (χ1) is 5.77. The summed E-state index contributed by atoms with van der Waals surface area (Å²) >= 11 is 0. The van der Waals surface area contributed by atoms with Gasteiger partial charge in [0.15, 0.2) is 6.10 Å². The van der Waals surface area contributed by atoms with Gasteiger partial charge in [-0.2, -0.15) is 0 Å². The second-order valence-electron chi connectivity index (χ2n) is 2.78. The first-order valence-corrected chi connectivity index (χ1v) is 3.77. The van der Waals surface area contributed by atoms with E-state index in [9.17, 15) is 4.79 Å². The molecule has 0 saturated heterocycles. The van der Waals surface area contributed by atoms with Crippen molar-refractivity contribution in [3.05, 3.63) is 29.8 Å². The first kappa shape index (κ1) is 7.16. The number of carbonyl (C=O) groups is 1. The normalized spacial score (nSPS) is 19.8. The fourth-order valence-electron chi connectivity index (χ4n) is 1.33. The molecule has 1 amide bonds. The first-order valence-electron chi connectivity index (χ1n) is 3.77. The van der Waals surface area contributed by atoms with Crippen LogP contribution >= 0.6 is 0 Å². The summed E-state index contributed by atoms with van der Waals surface area (Å²) in [6.07, 6.45) is -0.0409. The van der Waals surface area contributed by atoms with Crippen molar-refractivity contribution in [1.82, 2.24) is 5.73 Å². The van der Waals surface area contributed by atoms with Gasteiger partial charge in [0.2, 0.25) is 0 Å². The number of fused-ring (bicyclic) bond motifs is 1. The molecule has 0 aliphatic carbocycles. The zero-order chi connectivity index (χ0) is 8.55. The van der Waals surface area contributed by atoms with E-state index in [1.807, 2.05) is 24.3 Å². The number of amides is 1. The highest BCUT2D eigenvalue weighted by Crippen LogP contribution is 2.27. The van der Waals surface area contributed by atoms with Crippen LogP contribution in [0, 0.1) is 0 Å². The van der Waals surface area contributed by atoms with Gasteiger partial charge in [0, 0.05) is 6.42 Å². The summed E-state index contributed by atoms with van der Waals surface area (Å²) in [7, 11) is 0. The molecule has 1 aromatic carbocycles. The number of para-hydroxylation sites is 1. The lowest BCUT2D eigenvalue weighted by Gasteiger charge is -2.03. The summed E-state index contributed by atoms with van der Waals surface area (Å²) in [6, 6.07) is 7.49. The maximum atomic E-state index is 10.7. The minimum absolute atomic E-state index is 0.540. The molecule has 1 aromatic rings. The van der Waals surface area contributed by atoms with E-state index in [-0.39, 0.29) is 0 Å². The van der Waals surface area contributed by atoms with Gasteiger partial charge < -0.3 is 4.74 Å². The monoisotopic (exact) mass is 162 g/mol. The number of nitrogens with one attached hydrogen (secondary N) is 1. The van der Waals surface area contributed by atoms with Gasteiger partial charge in [-0.1, -0.05) is 18.2 Å². The molecule has 1 aliphatic rings. The molecule has 61 valence electrons. The second-order valence-corrected chi connectivity index (χ2v) is 2.78. The van der Waals surface area contributed by atoms with Gasteiger partial charge in [0.25, 0.3) is 5.91 Å². The summed E-state index contributed by atoms with van der Waals surface area (Å²) in [5.74, 6) is 0.0919. The van der Waals surface area contributed by atoms with E-state index in [0.717, 1.165) is 11.3 Å². The third-order valence-corrected chi connectivity index (χ3v) is 1.94. The van der Waals surface area contributed by atoms with E-state index in [1.165, 1.54) is 0 Å². The Hall–Kier alpha value is -1.51. The Morgan fingerprint density at radius 3 is 2.92 bits per heavy atom. The van der Waals surface area contributed by atoms with Crippen LogP contribution in [0.5, 0.6) is 5.75 Å². The Morgan fingerprint density at radius 1 is 1.50 bits per heavy atom. The minimum atomic E-state index is -0.647. The molecule has 1 N–H and O–H groups in total. The van der Waals surface area contributed by atoms with E-state index in [1.54, 1.807) is 0 Å². The molecular formula is C9H8NO2. The summed E-state index contributed by atoms with van der Waals surface area (Å²) in [5.41, 5.74) is 7.90. The van der Waals surface area contributed by atoms with Crippen molar-refractivity contribution in [3.63, 3.8) is 0 Å². The van der Waals surface area contributed by atoms with E-state index in [4.69, 9.17) is 10.5 Å². The van der Waals surface area contributed by atoms with Gasteiger partial charge in [-0.05, 0) is 11.6 Å². The molecule has 3 nitrogen and oxygen atoms in total.